The summed E-state index contributed by atoms with van der Waals surface area (Å²) in [4.78, 5) is 17.2. The summed E-state index contributed by atoms with van der Waals surface area (Å²) in [6.07, 6.45) is 4.31. The predicted octanol–water partition coefficient (Wildman–Crippen LogP) is 2.02. The first kappa shape index (κ1) is 12.9. The zero-order valence-corrected chi connectivity index (χ0v) is 12.5. The van der Waals surface area contributed by atoms with Crippen molar-refractivity contribution in [3.8, 4) is 0 Å². The van der Waals surface area contributed by atoms with Crippen molar-refractivity contribution in [2.75, 3.05) is 13.6 Å². The van der Waals surface area contributed by atoms with Crippen LogP contribution in [-0.4, -0.2) is 41.5 Å². The van der Waals surface area contributed by atoms with E-state index in [1.807, 2.05) is 0 Å². The molecule has 1 aromatic carbocycles. The molecule has 0 radical (unpaired) electrons. The number of aromatic nitrogens is 1. The molecule has 3 atom stereocenters. The fourth-order valence-corrected chi connectivity index (χ4v) is 4.33. The number of nitrogens with one attached hydrogen (secondary N) is 2. The third-order valence-corrected chi connectivity index (χ3v) is 5.13. The number of amides is 1. The minimum absolute atomic E-state index is 0.0724. The van der Waals surface area contributed by atoms with Crippen molar-refractivity contribution in [3.05, 3.63) is 35.5 Å². The van der Waals surface area contributed by atoms with Gasteiger partial charge in [0.1, 0.15) is 0 Å². The molecule has 1 aliphatic heterocycles. The number of carbonyl (C=O) groups is 1. The van der Waals surface area contributed by atoms with Crippen LogP contribution in [-0.2, 0) is 11.2 Å². The molecule has 2 unspecified atom stereocenters. The molecule has 110 valence electrons. The summed E-state index contributed by atoms with van der Waals surface area (Å²) < 4.78 is 0. The normalized spacial score (nSPS) is 28.4. The molecule has 1 aromatic heterocycles. The van der Waals surface area contributed by atoms with Crippen molar-refractivity contribution < 1.29 is 4.79 Å². The summed E-state index contributed by atoms with van der Waals surface area (Å²) >= 11 is 0. The van der Waals surface area contributed by atoms with E-state index in [4.69, 9.17) is 0 Å². The van der Waals surface area contributed by atoms with Gasteiger partial charge >= 0.3 is 0 Å². The number of H-pyrrole nitrogens is 1. The number of benzene rings is 1. The second-order valence-corrected chi connectivity index (χ2v) is 6.53. The number of piperidine rings is 1. The number of hydrogen-bond acceptors (Lipinski definition) is 2. The minimum Gasteiger partial charge on any atom is -0.361 e. The van der Waals surface area contributed by atoms with Crippen molar-refractivity contribution in [2.24, 2.45) is 0 Å². The quantitative estimate of drug-likeness (QED) is 0.841. The smallest absolute Gasteiger partial charge is 0.217 e. The molecule has 1 aliphatic carbocycles. The first-order chi connectivity index (χ1) is 10.1. The average molecular weight is 283 g/mol. The van der Waals surface area contributed by atoms with E-state index in [1.54, 1.807) is 6.92 Å². The highest BCUT2D eigenvalue weighted by atomic mass is 16.1. The second kappa shape index (κ2) is 4.60. The van der Waals surface area contributed by atoms with Crippen LogP contribution >= 0.6 is 0 Å². The van der Waals surface area contributed by atoms with Crippen LogP contribution in [0.25, 0.3) is 10.9 Å². The van der Waals surface area contributed by atoms with E-state index in [2.05, 4.69) is 46.6 Å². The lowest BCUT2D eigenvalue weighted by molar-refractivity contribution is -0.120. The van der Waals surface area contributed by atoms with Gasteiger partial charge in [-0.2, -0.15) is 0 Å². The number of likely N-dealkylation sites (tertiary alicyclic amines) is 1. The summed E-state index contributed by atoms with van der Waals surface area (Å²) in [5.41, 5.74) is 4.12. The van der Waals surface area contributed by atoms with Gasteiger partial charge in [0, 0.05) is 48.6 Å². The Labute approximate surface area is 124 Å². The molecule has 0 spiro atoms. The topological polar surface area (TPSA) is 48.1 Å². The van der Waals surface area contributed by atoms with E-state index < -0.39 is 0 Å². The molecule has 0 saturated carbocycles. The molecular formula is C17H21N3O. The molecule has 1 amide bonds. The number of likely N-dealkylation sites (N-methyl/N-ethyl adjacent to an activating group) is 1. The molecule has 1 saturated heterocycles. The fourth-order valence-electron chi connectivity index (χ4n) is 4.33. The lowest BCUT2D eigenvalue weighted by atomic mass is 9.74. The Morgan fingerprint density at radius 2 is 2.29 bits per heavy atom. The molecule has 0 bridgehead atoms. The van der Waals surface area contributed by atoms with Gasteiger partial charge in [0.05, 0.1) is 0 Å². The fraction of sp³-hybridized carbons (Fsp3) is 0.471. The Morgan fingerprint density at radius 3 is 3.10 bits per heavy atom. The van der Waals surface area contributed by atoms with Crippen LogP contribution in [0.2, 0.25) is 0 Å². The van der Waals surface area contributed by atoms with Gasteiger partial charge in [0.25, 0.3) is 0 Å². The Hall–Kier alpha value is -1.81. The second-order valence-electron chi connectivity index (χ2n) is 6.53. The van der Waals surface area contributed by atoms with Gasteiger partial charge in [-0.25, -0.2) is 0 Å². The van der Waals surface area contributed by atoms with Gasteiger partial charge < -0.3 is 15.2 Å². The van der Waals surface area contributed by atoms with Crippen LogP contribution in [0.5, 0.6) is 0 Å². The number of aromatic amines is 1. The maximum Gasteiger partial charge on any atom is 0.217 e. The van der Waals surface area contributed by atoms with Crippen molar-refractivity contribution >= 4 is 16.8 Å². The minimum atomic E-state index is 0.0724. The van der Waals surface area contributed by atoms with Crippen molar-refractivity contribution in [1.29, 1.82) is 0 Å². The number of rotatable bonds is 1. The van der Waals surface area contributed by atoms with Crippen molar-refractivity contribution in [3.63, 3.8) is 0 Å². The zero-order valence-electron chi connectivity index (χ0n) is 12.5. The van der Waals surface area contributed by atoms with Gasteiger partial charge in [-0.1, -0.05) is 12.1 Å². The van der Waals surface area contributed by atoms with Gasteiger partial charge in [-0.3, -0.25) is 4.79 Å². The monoisotopic (exact) mass is 283 g/mol. The van der Waals surface area contributed by atoms with Crippen molar-refractivity contribution in [2.45, 2.75) is 37.8 Å². The maximum atomic E-state index is 11.4. The summed E-state index contributed by atoms with van der Waals surface area (Å²) in [6.45, 7) is 2.55. The molecule has 4 nitrogen and oxygen atoms in total. The van der Waals surface area contributed by atoms with Crippen LogP contribution in [0, 0.1) is 0 Å². The van der Waals surface area contributed by atoms with Gasteiger partial charge in [-0.05, 0) is 37.1 Å². The third kappa shape index (κ3) is 1.97. The molecule has 4 rings (SSSR count). The highest BCUT2D eigenvalue weighted by Crippen LogP contribution is 2.42. The molecule has 1 fully saturated rings. The predicted molar refractivity (Wildman–Crippen MR) is 83.4 cm³/mol. The maximum absolute atomic E-state index is 11.4. The summed E-state index contributed by atoms with van der Waals surface area (Å²) in [7, 11) is 2.18. The van der Waals surface area contributed by atoms with E-state index in [0.717, 1.165) is 19.4 Å². The summed E-state index contributed by atoms with van der Waals surface area (Å²) in [5.74, 6) is 0.579. The molecule has 21 heavy (non-hydrogen) atoms. The van der Waals surface area contributed by atoms with Crippen molar-refractivity contribution in [1.82, 2.24) is 15.2 Å². The molecule has 2 aliphatic rings. The summed E-state index contributed by atoms with van der Waals surface area (Å²) in [5, 5.41) is 4.52. The lowest BCUT2D eigenvalue weighted by Crippen LogP contribution is -2.54. The molecule has 2 N–H and O–H groups in total. The Bertz CT molecular complexity index is 705. The van der Waals surface area contributed by atoms with Gasteiger partial charge in [0.2, 0.25) is 5.91 Å². The van der Waals surface area contributed by atoms with Crippen LogP contribution in [0.15, 0.2) is 24.4 Å². The molecule has 2 aromatic rings. The number of hydrogen-bond donors (Lipinski definition) is 2. The Morgan fingerprint density at radius 1 is 1.43 bits per heavy atom. The number of nitrogens with zero attached hydrogens (tertiary/aromatic N) is 1. The van der Waals surface area contributed by atoms with Gasteiger partial charge in [-0.15, -0.1) is 0 Å². The highest BCUT2D eigenvalue weighted by Gasteiger charge is 2.39. The molecule has 4 heteroatoms. The Balaban J connectivity index is 1.76. The first-order valence-electron chi connectivity index (χ1n) is 7.69. The summed E-state index contributed by atoms with van der Waals surface area (Å²) in [6, 6.07) is 7.36. The van der Waals surface area contributed by atoms with Gasteiger partial charge in [0.15, 0.2) is 0 Å². The third-order valence-electron chi connectivity index (χ3n) is 5.13. The average Bonchev–Trinajstić information content (AvgIpc) is 2.84. The standard InChI is InChI=1S/C17H21N3O/c1-10(21)19-12-7-14-13-4-3-5-15-17(13)11(8-18-15)6-16(14)20(2)9-12/h3-5,8,12,14,16,18H,6-7,9H2,1-2H3,(H,19,21)/t12?,14?,16-/m1/s1. The Kier molecular flexibility index (Phi) is 2.82. The molecular weight excluding hydrogens is 262 g/mol. The van der Waals surface area contributed by atoms with E-state index in [-0.39, 0.29) is 11.9 Å². The zero-order chi connectivity index (χ0) is 14.6. The highest BCUT2D eigenvalue weighted by molar-refractivity contribution is 5.88. The van der Waals surface area contributed by atoms with E-state index in [1.165, 1.54) is 22.0 Å². The van der Waals surface area contributed by atoms with E-state index in [0.29, 0.717) is 12.0 Å². The lowest BCUT2D eigenvalue weighted by Gasteiger charge is -2.45. The van der Waals surface area contributed by atoms with E-state index >= 15 is 0 Å². The largest absolute Gasteiger partial charge is 0.361 e. The number of fused-ring (bicyclic) bond motifs is 2. The molecule has 2 heterocycles. The SMILES string of the molecule is CC(=O)NC1CC2c3cccc4[nH]cc(c34)C[C@H]2N(C)C1. The van der Waals surface area contributed by atoms with Crippen LogP contribution in [0.1, 0.15) is 30.4 Å². The van der Waals surface area contributed by atoms with E-state index in [9.17, 15) is 4.79 Å². The van der Waals surface area contributed by atoms with Crippen LogP contribution < -0.4 is 5.32 Å². The van der Waals surface area contributed by atoms with Crippen LogP contribution in [0.4, 0.5) is 0 Å². The first-order valence-corrected chi connectivity index (χ1v) is 7.69. The van der Waals surface area contributed by atoms with Crippen LogP contribution in [0.3, 0.4) is 0 Å². The number of carbonyl (C=O) groups excluding carboxylic acids is 1.